The Labute approximate surface area is 123 Å². The van der Waals surface area contributed by atoms with E-state index < -0.39 is 0 Å². The third-order valence-electron chi connectivity index (χ3n) is 3.53. The second kappa shape index (κ2) is 7.04. The van der Waals surface area contributed by atoms with Gasteiger partial charge in [0.05, 0.1) is 12.5 Å². The number of hydrogen-bond donors (Lipinski definition) is 0. The van der Waals surface area contributed by atoms with E-state index in [4.69, 9.17) is 16.3 Å². The summed E-state index contributed by atoms with van der Waals surface area (Å²) < 4.78 is 18.8. The molecule has 5 heteroatoms. The van der Waals surface area contributed by atoms with E-state index in [-0.39, 0.29) is 17.7 Å². The van der Waals surface area contributed by atoms with Crippen molar-refractivity contribution < 1.29 is 13.9 Å². The van der Waals surface area contributed by atoms with Gasteiger partial charge in [-0.25, -0.2) is 4.39 Å². The van der Waals surface area contributed by atoms with E-state index in [2.05, 4.69) is 4.90 Å². The Balaban J connectivity index is 1.97. The Morgan fingerprint density at radius 1 is 1.55 bits per heavy atom. The van der Waals surface area contributed by atoms with Gasteiger partial charge < -0.3 is 4.74 Å². The van der Waals surface area contributed by atoms with Crippen molar-refractivity contribution in [2.45, 2.75) is 26.3 Å². The second-order valence-corrected chi connectivity index (χ2v) is 5.50. The summed E-state index contributed by atoms with van der Waals surface area (Å²) in [6.45, 7) is 4.21. The molecule has 110 valence electrons. The molecular weight excluding hydrogens is 281 g/mol. The van der Waals surface area contributed by atoms with Crippen LogP contribution in [0.2, 0.25) is 5.02 Å². The SMILES string of the molecule is CCOC(=O)[C@H]1CCCN(Cc2ccc(Cl)cc2F)C1. The van der Waals surface area contributed by atoms with Crippen molar-refractivity contribution in [3.63, 3.8) is 0 Å². The van der Waals surface area contributed by atoms with Gasteiger partial charge in [0.2, 0.25) is 0 Å². The number of nitrogens with zero attached hydrogens (tertiary/aromatic N) is 1. The van der Waals surface area contributed by atoms with Gasteiger partial charge in [-0.2, -0.15) is 0 Å². The summed E-state index contributed by atoms with van der Waals surface area (Å²) in [6.07, 6.45) is 1.77. The van der Waals surface area contributed by atoms with Crippen LogP contribution in [0.15, 0.2) is 18.2 Å². The molecule has 0 amide bonds. The van der Waals surface area contributed by atoms with Crippen LogP contribution in [-0.4, -0.2) is 30.6 Å². The van der Waals surface area contributed by atoms with Crippen LogP contribution >= 0.6 is 11.6 Å². The number of piperidine rings is 1. The number of ether oxygens (including phenoxy) is 1. The summed E-state index contributed by atoms with van der Waals surface area (Å²) in [5.41, 5.74) is 0.610. The summed E-state index contributed by atoms with van der Waals surface area (Å²) in [4.78, 5) is 13.9. The van der Waals surface area contributed by atoms with E-state index in [1.54, 1.807) is 12.1 Å². The lowest BCUT2D eigenvalue weighted by Crippen LogP contribution is -2.39. The Bertz CT molecular complexity index is 481. The lowest BCUT2D eigenvalue weighted by molar-refractivity contribution is -0.150. The monoisotopic (exact) mass is 299 g/mol. The van der Waals surface area contributed by atoms with Crippen molar-refractivity contribution in [2.24, 2.45) is 5.92 Å². The van der Waals surface area contributed by atoms with Crippen LogP contribution < -0.4 is 0 Å². The molecule has 3 nitrogen and oxygen atoms in total. The van der Waals surface area contributed by atoms with Crippen LogP contribution in [0, 0.1) is 11.7 Å². The van der Waals surface area contributed by atoms with Crippen LogP contribution in [0.25, 0.3) is 0 Å². The third-order valence-corrected chi connectivity index (χ3v) is 3.77. The molecule has 0 aliphatic carbocycles. The topological polar surface area (TPSA) is 29.5 Å². The average Bonchev–Trinajstić information content (AvgIpc) is 2.43. The zero-order chi connectivity index (χ0) is 14.5. The number of esters is 1. The van der Waals surface area contributed by atoms with E-state index in [0.717, 1.165) is 19.4 Å². The lowest BCUT2D eigenvalue weighted by Gasteiger charge is -2.31. The van der Waals surface area contributed by atoms with Gasteiger partial charge in [0.1, 0.15) is 5.82 Å². The van der Waals surface area contributed by atoms with Gasteiger partial charge in [-0.05, 0) is 38.4 Å². The molecule has 1 aliphatic rings. The molecular formula is C15H19ClFNO2. The Kier molecular flexibility index (Phi) is 5.38. The number of halogens is 2. The van der Waals surface area contributed by atoms with Crippen molar-refractivity contribution in [1.29, 1.82) is 0 Å². The molecule has 20 heavy (non-hydrogen) atoms. The molecule has 1 atom stereocenters. The zero-order valence-corrected chi connectivity index (χ0v) is 12.3. The number of hydrogen-bond acceptors (Lipinski definition) is 3. The summed E-state index contributed by atoms with van der Waals surface area (Å²) in [6, 6.07) is 4.71. The molecule has 1 heterocycles. The maximum absolute atomic E-state index is 13.8. The molecule has 0 spiro atoms. The van der Waals surface area contributed by atoms with Gasteiger partial charge in [-0.15, -0.1) is 0 Å². The van der Waals surface area contributed by atoms with Crippen LogP contribution in [-0.2, 0) is 16.1 Å². The lowest BCUT2D eigenvalue weighted by atomic mass is 9.97. The number of benzene rings is 1. The van der Waals surface area contributed by atoms with Crippen LogP contribution in [0.3, 0.4) is 0 Å². The van der Waals surface area contributed by atoms with Crippen LogP contribution in [0.1, 0.15) is 25.3 Å². The molecule has 1 saturated heterocycles. The van der Waals surface area contributed by atoms with Crippen molar-refractivity contribution in [3.05, 3.63) is 34.6 Å². The van der Waals surface area contributed by atoms with Gasteiger partial charge in [-0.1, -0.05) is 17.7 Å². The standard InChI is InChI=1S/C15H19ClFNO2/c1-2-20-15(19)12-4-3-7-18(10-12)9-11-5-6-13(16)8-14(11)17/h5-6,8,12H,2-4,7,9-10H2,1H3/t12-/m0/s1. The van der Waals surface area contributed by atoms with Crippen molar-refractivity contribution >= 4 is 17.6 Å². The highest BCUT2D eigenvalue weighted by Gasteiger charge is 2.27. The van der Waals surface area contributed by atoms with Crippen molar-refractivity contribution in [1.82, 2.24) is 4.90 Å². The van der Waals surface area contributed by atoms with Crippen molar-refractivity contribution in [2.75, 3.05) is 19.7 Å². The van der Waals surface area contributed by atoms with Crippen LogP contribution in [0.4, 0.5) is 4.39 Å². The minimum absolute atomic E-state index is 0.0981. The molecule has 0 unspecified atom stereocenters. The van der Waals surface area contributed by atoms with E-state index in [9.17, 15) is 9.18 Å². The summed E-state index contributed by atoms with van der Waals surface area (Å²) in [5, 5.41) is 0.397. The van der Waals surface area contributed by atoms with Crippen LogP contribution in [0.5, 0.6) is 0 Å². The van der Waals surface area contributed by atoms with Gasteiger partial charge in [0.25, 0.3) is 0 Å². The first-order chi connectivity index (χ1) is 9.60. The van der Waals surface area contributed by atoms with E-state index >= 15 is 0 Å². The highest BCUT2D eigenvalue weighted by atomic mass is 35.5. The van der Waals surface area contributed by atoms with E-state index in [1.807, 2.05) is 6.92 Å². The van der Waals surface area contributed by atoms with Crippen molar-refractivity contribution in [3.8, 4) is 0 Å². The minimum atomic E-state index is -0.296. The molecule has 0 aromatic heterocycles. The quantitative estimate of drug-likeness (QED) is 0.799. The highest BCUT2D eigenvalue weighted by Crippen LogP contribution is 2.22. The van der Waals surface area contributed by atoms with Gasteiger partial charge in [0.15, 0.2) is 0 Å². The first kappa shape index (κ1) is 15.3. The first-order valence-electron chi connectivity index (χ1n) is 6.93. The smallest absolute Gasteiger partial charge is 0.310 e. The summed E-state index contributed by atoms with van der Waals surface area (Å²) >= 11 is 5.74. The first-order valence-corrected chi connectivity index (χ1v) is 7.31. The second-order valence-electron chi connectivity index (χ2n) is 5.06. The molecule has 0 N–H and O–H groups in total. The molecule has 0 saturated carbocycles. The molecule has 0 bridgehead atoms. The number of carbonyl (C=O) groups excluding carboxylic acids is 1. The molecule has 1 fully saturated rings. The predicted octanol–water partition coefficient (Wildman–Crippen LogP) is 3.25. The summed E-state index contributed by atoms with van der Waals surface area (Å²) in [7, 11) is 0. The number of carbonyl (C=O) groups is 1. The van der Waals surface area contributed by atoms with E-state index in [1.165, 1.54) is 6.07 Å². The average molecular weight is 300 g/mol. The summed E-state index contributed by atoms with van der Waals surface area (Å²) in [5.74, 6) is -0.538. The largest absolute Gasteiger partial charge is 0.466 e. The van der Waals surface area contributed by atoms with Gasteiger partial charge in [0, 0.05) is 23.7 Å². The Hall–Kier alpha value is -1.13. The normalized spacial score (nSPS) is 19.9. The highest BCUT2D eigenvalue weighted by molar-refractivity contribution is 6.30. The molecule has 1 aromatic carbocycles. The van der Waals surface area contributed by atoms with Gasteiger partial charge >= 0.3 is 5.97 Å². The molecule has 0 radical (unpaired) electrons. The number of rotatable bonds is 4. The van der Waals surface area contributed by atoms with Gasteiger partial charge in [-0.3, -0.25) is 9.69 Å². The fourth-order valence-electron chi connectivity index (χ4n) is 2.54. The minimum Gasteiger partial charge on any atom is -0.466 e. The molecule has 1 aromatic rings. The zero-order valence-electron chi connectivity index (χ0n) is 11.6. The fraction of sp³-hybridized carbons (Fsp3) is 0.533. The predicted molar refractivity (Wildman–Crippen MR) is 76.0 cm³/mol. The Morgan fingerprint density at radius 2 is 2.35 bits per heavy atom. The Morgan fingerprint density at radius 3 is 3.05 bits per heavy atom. The molecule has 1 aliphatic heterocycles. The third kappa shape index (κ3) is 3.93. The maximum Gasteiger partial charge on any atom is 0.310 e. The number of likely N-dealkylation sites (tertiary alicyclic amines) is 1. The maximum atomic E-state index is 13.8. The fourth-order valence-corrected chi connectivity index (χ4v) is 2.70. The van der Waals surface area contributed by atoms with E-state index in [0.29, 0.717) is 30.3 Å². The molecule has 2 rings (SSSR count).